The van der Waals surface area contributed by atoms with Crippen LogP contribution in [-0.2, 0) is 0 Å². The molecule has 1 atom stereocenters. The van der Waals surface area contributed by atoms with Crippen LogP contribution in [0, 0.1) is 0 Å². The third-order valence-electron chi connectivity index (χ3n) is 3.86. The van der Waals surface area contributed by atoms with Gasteiger partial charge in [-0.05, 0) is 50.9 Å². The van der Waals surface area contributed by atoms with E-state index in [2.05, 4.69) is 48.5 Å². The van der Waals surface area contributed by atoms with Gasteiger partial charge in [0.05, 0.1) is 0 Å². The van der Waals surface area contributed by atoms with E-state index in [-0.39, 0.29) is 0 Å². The SMILES string of the molecule is CNC(C)c1ccc(N(C)C2CCC2)cc1. The van der Waals surface area contributed by atoms with Gasteiger partial charge in [-0.3, -0.25) is 0 Å². The van der Waals surface area contributed by atoms with E-state index in [1.54, 1.807) is 0 Å². The molecule has 1 fully saturated rings. The number of nitrogens with one attached hydrogen (secondary N) is 1. The van der Waals surface area contributed by atoms with Gasteiger partial charge in [-0.2, -0.15) is 0 Å². The van der Waals surface area contributed by atoms with Crippen LogP contribution in [0.4, 0.5) is 5.69 Å². The van der Waals surface area contributed by atoms with Crippen molar-refractivity contribution >= 4 is 5.69 Å². The molecule has 0 aliphatic heterocycles. The van der Waals surface area contributed by atoms with Gasteiger partial charge in [0.25, 0.3) is 0 Å². The van der Waals surface area contributed by atoms with Gasteiger partial charge in [-0.15, -0.1) is 0 Å². The van der Waals surface area contributed by atoms with Gasteiger partial charge in [0.1, 0.15) is 0 Å². The number of anilines is 1. The summed E-state index contributed by atoms with van der Waals surface area (Å²) in [6.45, 7) is 2.19. The third-order valence-corrected chi connectivity index (χ3v) is 3.86. The van der Waals surface area contributed by atoms with E-state index < -0.39 is 0 Å². The van der Waals surface area contributed by atoms with Crippen LogP contribution >= 0.6 is 0 Å². The lowest BCUT2D eigenvalue weighted by molar-refractivity contribution is 0.401. The van der Waals surface area contributed by atoms with Crippen molar-refractivity contribution in [2.24, 2.45) is 0 Å². The Morgan fingerprint density at radius 3 is 2.31 bits per heavy atom. The second kappa shape index (κ2) is 4.88. The highest BCUT2D eigenvalue weighted by Crippen LogP contribution is 2.28. The summed E-state index contributed by atoms with van der Waals surface area (Å²) in [7, 11) is 4.21. The Morgan fingerprint density at radius 2 is 1.88 bits per heavy atom. The van der Waals surface area contributed by atoms with Gasteiger partial charge in [-0.25, -0.2) is 0 Å². The summed E-state index contributed by atoms with van der Waals surface area (Å²) in [6.07, 6.45) is 4.10. The lowest BCUT2D eigenvalue weighted by atomic mass is 9.91. The maximum Gasteiger partial charge on any atom is 0.0366 e. The van der Waals surface area contributed by atoms with E-state index in [4.69, 9.17) is 0 Å². The van der Waals surface area contributed by atoms with Crippen LogP contribution in [-0.4, -0.2) is 20.1 Å². The normalized spacial score (nSPS) is 17.9. The molecule has 1 unspecified atom stereocenters. The molecule has 0 bridgehead atoms. The molecule has 0 saturated heterocycles. The molecule has 0 aromatic heterocycles. The molecule has 0 radical (unpaired) electrons. The van der Waals surface area contributed by atoms with Crippen molar-refractivity contribution < 1.29 is 0 Å². The molecule has 1 N–H and O–H groups in total. The van der Waals surface area contributed by atoms with E-state index in [9.17, 15) is 0 Å². The Kier molecular flexibility index (Phi) is 3.49. The third kappa shape index (κ3) is 2.22. The molecular weight excluding hydrogens is 196 g/mol. The summed E-state index contributed by atoms with van der Waals surface area (Å²) < 4.78 is 0. The van der Waals surface area contributed by atoms with Gasteiger partial charge in [0.15, 0.2) is 0 Å². The zero-order valence-electron chi connectivity index (χ0n) is 10.5. The fraction of sp³-hybridized carbons (Fsp3) is 0.571. The van der Waals surface area contributed by atoms with E-state index in [0.29, 0.717) is 6.04 Å². The number of hydrogen-bond donors (Lipinski definition) is 1. The van der Waals surface area contributed by atoms with Crippen LogP contribution in [0.1, 0.15) is 37.8 Å². The minimum Gasteiger partial charge on any atom is -0.372 e. The zero-order chi connectivity index (χ0) is 11.5. The molecule has 2 nitrogen and oxygen atoms in total. The average Bonchev–Trinajstić information content (AvgIpc) is 2.26. The van der Waals surface area contributed by atoms with Crippen molar-refractivity contribution in [3.05, 3.63) is 29.8 Å². The molecule has 1 aliphatic rings. The standard InChI is InChI=1S/C14H22N2/c1-11(15-2)12-7-9-14(10-8-12)16(3)13-5-4-6-13/h7-11,13,15H,4-6H2,1-3H3. The summed E-state index contributed by atoms with van der Waals surface area (Å²) in [5.74, 6) is 0. The molecule has 0 heterocycles. The highest BCUT2D eigenvalue weighted by molar-refractivity contribution is 5.48. The van der Waals surface area contributed by atoms with Gasteiger partial charge in [0.2, 0.25) is 0 Å². The Bertz CT molecular complexity index is 327. The molecule has 88 valence electrons. The zero-order valence-corrected chi connectivity index (χ0v) is 10.5. The maximum absolute atomic E-state index is 3.26. The second-order valence-corrected chi connectivity index (χ2v) is 4.80. The van der Waals surface area contributed by atoms with Gasteiger partial charge < -0.3 is 10.2 Å². The minimum atomic E-state index is 0.433. The van der Waals surface area contributed by atoms with Crippen LogP contribution in [0.3, 0.4) is 0 Å². The average molecular weight is 218 g/mol. The number of rotatable bonds is 4. The highest BCUT2D eigenvalue weighted by Gasteiger charge is 2.22. The quantitative estimate of drug-likeness (QED) is 0.836. The van der Waals surface area contributed by atoms with Crippen LogP contribution < -0.4 is 10.2 Å². The predicted molar refractivity (Wildman–Crippen MR) is 70.0 cm³/mol. The molecule has 2 heteroatoms. The molecule has 2 rings (SSSR count). The Balaban J connectivity index is 2.06. The minimum absolute atomic E-state index is 0.433. The van der Waals surface area contributed by atoms with Crippen molar-refractivity contribution in [1.82, 2.24) is 5.32 Å². The van der Waals surface area contributed by atoms with Crippen molar-refractivity contribution in [2.45, 2.75) is 38.3 Å². The summed E-state index contributed by atoms with van der Waals surface area (Å²) in [5.41, 5.74) is 2.70. The monoisotopic (exact) mass is 218 g/mol. The molecule has 16 heavy (non-hydrogen) atoms. The highest BCUT2D eigenvalue weighted by atomic mass is 15.1. The fourth-order valence-corrected chi connectivity index (χ4v) is 2.15. The topological polar surface area (TPSA) is 15.3 Å². The Hall–Kier alpha value is -1.02. The molecule has 1 saturated carbocycles. The van der Waals surface area contributed by atoms with Gasteiger partial charge in [-0.1, -0.05) is 12.1 Å². The Labute approximate surface area is 98.7 Å². The molecule has 1 aliphatic carbocycles. The van der Waals surface area contributed by atoms with E-state index in [1.165, 1.54) is 30.5 Å². The molecule has 1 aromatic rings. The van der Waals surface area contributed by atoms with Crippen molar-refractivity contribution in [3.8, 4) is 0 Å². The van der Waals surface area contributed by atoms with Crippen molar-refractivity contribution in [3.63, 3.8) is 0 Å². The smallest absolute Gasteiger partial charge is 0.0366 e. The first kappa shape index (κ1) is 11.5. The molecule has 1 aromatic carbocycles. The van der Waals surface area contributed by atoms with Crippen LogP contribution in [0.15, 0.2) is 24.3 Å². The van der Waals surface area contributed by atoms with E-state index in [1.807, 2.05) is 7.05 Å². The molecule has 0 spiro atoms. The first-order valence-electron chi connectivity index (χ1n) is 6.22. The summed E-state index contributed by atoms with van der Waals surface area (Å²) >= 11 is 0. The summed E-state index contributed by atoms with van der Waals surface area (Å²) in [5, 5.41) is 3.26. The van der Waals surface area contributed by atoms with E-state index in [0.717, 1.165) is 6.04 Å². The van der Waals surface area contributed by atoms with Crippen molar-refractivity contribution in [1.29, 1.82) is 0 Å². The fourth-order valence-electron chi connectivity index (χ4n) is 2.15. The van der Waals surface area contributed by atoms with Gasteiger partial charge in [0, 0.05) is 24.8 Å². The second-order valence-electron chi connectivity index (χ2n) is 4.80. The lowest BCUT2D eigenvalue weighted by Gasteiger charge is -2.36. The summed E-state index contributed by atoms with van der Waals surface area (Å²) in [6, 6.07) is 10.1. The Morgan fingerprint density at radius 1 is 1.25 bits per heavy atom. The molecular formula is C14H22N2. The number of benzene rings is 1. The van der Waals surface area contributed by atoms with Gasteiger partial charge >= 0.3 is 0 Å². The van der Waals surface area contributed by atoms with Crippen LogP contribution in [0.25, 0.3) is 0 Å². The number of nitrogens with zero attached hydrogens (tertiary/aromatic N) is 1. The number of hydrogen-bond acceptors (Lipinski definition) is 2. The van der Waals surface area contributed by atoms with Crippen molar-refractivity contribution in [2.75, 3.05) is 19.0 Å². The van der Waals surface area contributed by atoms with Crippen LogP contribution in [0.5, 0.6) is 0 Å². The van der Waals surface area contributed by atoms with Crippen LogP contribution in [0.2, 0.25) is 0 Å². The predicted octanol–water partition coefficient (Wildman–Crippen LogP) is 2.96. The lowest BCUT2D eigenvalue weighted by Crippen LogP contribution is -2.37. The maximum atomic E-state index is 3.26. The summed E-state index contributed by atoms with van der Waals surface area (Å²) in [4.78, 5) is 2.41. The van der Waals surface area contributed by atoms with E-state index >= 15 is 0 Å². The first-order valence-corrected chi connectivity index (χ1v) is 6.22. The largest absolute Gasteiger partial charge is 0.372 e. The molecule has 0 amide bonds. The first-order chi connectivity index (χ1) is 7.72.